The number of rotatable bonds is 11. The van der Waals surface area contributed by atoms with Gasteiger partial charge in [0, 0.05) is 11.8 Å². The van der Waals surface area contributed by atoms with Crippen LogP contribution in [0.2, 0.25) is 0 Å². The molecule has 1 saturated heterocycles. The fraction of sp³-hybridized carbons (Fsp3) is 0.516. The van der Waals surface area contributed by atoms with E-state index in [4.69, 9.17) is 9.47 Å². The number of aryl methyl sites for hydroxylation is 2. The first-order valence-corrected chi connectivity index (χ1v) is 13.2. The lowest BCUT2D eigenvalue weighted by molar-refractivity contribution is -0.142. The topological polar surface area (TPSA) is 55.8 Å². The van der Waals surface area contributed by atoms with E-state index in [1.54, 1.807) is 0 Å². The maximum Gasteiger partial charge on any atom is 0.306 e. The second-order valence-corrected chi connectivity index (χ2v) is 9.95. The molecule has 3 rings (SSSR count). The highest BCUT2D eigenvalue weighted by Gasteiger charge is 2.32. The van der Waals surface area contributed by atoms with Crippen LogP contribution in [-0.2, 0) is 14.9 Å². The number of carbonyl (C=O) groups is 1. The van der Waals surface area contributed by atoms with Crippen molar-refractivity contribution in [3.8, 4) is 5.75 Å². The molecule has 1 heterocycles. The Morgan fingerprint density at radius 1 is 0.971 bits per heavy atom. The van der Waals surface area contributed by atoms with Gasteiger partial charge in [-0.3, -0.25) is 4.79 Å². The molecule has 0 spiro atoms. The van der Waals surface area contributed by atoms with E-state index < -0.39 is 5.60 Å². The number of carbonyl (C=O) groups excluding carboxylic acids is 1. The van der Waals surface area contributed by atoms with E-state index in [9.17, 15) is 9.90 Å². The molecule has 2 aromatic carbocycles. The number of esters is 1. The van der Waals surface area contributed by atoms with Gasteiger partial charge in [-0.2, -0.15) is 0 Å². The zero-order valence-electron chi connectivity index (χ0n) is 22.3. The highest BCUT2D eigenvalue weighted by Crippen LogP contribution is 2.41. The summed E-state index contributed by atoms with van der Waals surface area (Å²) in [5.41, 5.74) is 5.20. The lowest BCUT2D eigenvalue weighted by Crippen LogP contribution is -2.26. The number of cyclic esters (lactones) is 1. The maximum absolute atomic E-state index is 11.3. The SMILES string of the molecule is CCC(O)(/C=C/c1ccc(C(CC)(CC)c2ccc(OC[C@@H]3CCC(=O)O3)c(C)c2)cc1C)CC. The van der Waals surface area contributed by atoms with Gasteiger partial charge in [-0.25, -0.2) is 0 Å². The monoisotopic (exact) mass is 478 g/mol. The molecule has 1 aliphatic heterocycles. The van der Waals surface area contributed by atoms with E-state index in [0.29, 0.717) is 25.9 Å². The van der Waals surface area contributed by atoms with Gasteiger partial charge < -0.3 is 14.6 Å². The van der Waals surface area contributed by atoms with Crippen molar-refractivity contribution in [1.29, 1.82) is 0 Å². The summed E-state index contributed by atoms with van der Waals surface area (Å²) in [4.78, 5) is 11.3. The van der Waals surface area contributed by atoms with Crippen LogP contribution in [0, 0.1) is 13.8 Å². The summed E-state index contributed by atoms with van der Waals surface area (Å²) in [6, 6.07) is 13.2. The van der Waals surface area contributed by atoms with Crippen LogP contribution in [0.5, 0.6) is 5.75 Å². The third kappa shape index (κ3) is 5.98. The molecule has 0 saturated carbocycles. The Morgan fingerprint density at radius 2 is 1.60 bits per heavy atom. The molecular formula is C31H42O4. The van der Waals surface area contributed by atoms with Crippen LogP contribution in [-0.4, -0.2) is 29.4 Å². The third-order valence-corrected chi connectivity index (χ3v) is 7.95. The number of ether oxygens (including phenoxy) is 2. The summed E-state index contributed by atoms with van der Waals surface area (Å²) >= 11 is 0. The zero-order chi connectivity index (χ0) is 25.6. The minimum absolute atomic E-state index is 0.0924. The fourth-order valence-electron chi connectivity index (χ4n) is 5.12. The highest BCUT2D eigenvalue weighted by atomic mass is 16.6. The molecule has 1 N–H and O–H groups in total. The quantitative estimate of drug-likeness (QED) is 0.351. The van der Waals surface area contributed by atoms with Gasteiger partial charge in [0.25, 0.3) is 0 Å². The number of hydrogen-bond acceptors (Lipinski definition) is 4. The second kappa shape index (κ2) is 11.4. The summed E-state index contributed by atoms with van der Waals surface area (Å²) in [7, 11) is 0. The predicted molar refractivity (Wildman–Crippen MR) is 143 cm³/mol. The average Bonchev–Trinajstić information content (AvgIpc) is 3.28. The van der Waals surface area contributed by atoms with Gasteiger partial charge in [0.1, 0.15) is 18.5 Å². The van der Waals surface area contributed by atoms with E-state index in [2.05, 4.69) is 70.2 Å². The van der Waals surface area contributed by atoms with Crippen LogP contribution in [0.25, 0.3) is 6.08 Å². The summed E-state index contributed by atoms with van der Waals surface area (Å²) in [6.07, 6.45) is 8.45. The van der Waals surface area contributed by atoms with Gasteiger partial charge in [0.05, 0.1) is 5.60 Å². The normalized spacial score (nSPS) is 16.7. The molecule has 0 aliphatic carbocycles. The van der Waals surface area contributed by atoms with Crippen LogP contribution < -0.4 is 4.74 Å². The van der Waals surface area contributed by atoms with Crippen molar-refractivity contribution in [1.82, 2.24) is 0 Å². The first-order valence-electron chi connectivity index (χ1n) is 13.2. The Kier molecular flexibility index (Phi) is 8.82. The van der Waals surface area contributed by atoms with E-state index in [0.717, 1.165) is 36.1 Å². The highest BCUT2D eigenvalue weighted by molar-refractivity contribution is 5.71. The zero-order valence-corrected chi connectivity index (χ0v) is 22.3. The summed E-state index contributed by atoms with van der Waals surface area (Å²) < 4.78 is 11.3. The van der Waals surface area contributed by atoms with Crippen molar-refractivity contribution < 1.29 is 19.4 Å². The predicted octanol–water partition coefficient (Wildman–Crippen LogP) is 7.06. The molecular weight excluding hydrogens is 436 g/mol. The van der Waals surface area contributed by atoms with Crippen LogP contribution >= 0.6 is 0 Å². The minimum Gasteiger partial charge on any atom is -0.489 e. The summed E-state index contributed by atoms with van der Waals surface area (Å²) in [5.74, 6) is 0.707. The molecule has 4 nitrogen and oxygen atoms in total. The largest absolute Gasteiger partial charge is 0.489 e. The Morgan fingerprint density at radius 3 is 2.11 bits per heavy atom. The fourth-order valence-corrected chi connectivity index (χ4v) is 5.12. The van der Waals surface area contributed by atoms with Crippen LogP contribution in [0.3, 0.4) is 0 Å². The summed E-state index contributed by atoms with van der Waals surface area (Å²) in [6.45, 7) is 13.2. The minimum atomic E-state index is -0.748. The molecule has 0 aromatic heterocycles. The smallest absolute Gasteiger partial charge is 0.306 e. The molecule has 35 heavy (non-hydrogen) atoms. The van der Waals surface area contributed by atoms with Crippen molar-refractivity contribution in [3.05, 3.63) is 70.3 Å². The molecule has 1 atom stereocenters. The molecule has 4 heteroatoms. The molecule has 2 aromatic rings. The molecule has 0 unspecified atom stereocenters. The van der Waals surface area contributed by atoms with E-state index in [1.165, 1.54) is 16.7 Å². The van der Waals surface area contributed by atoms with Gasteiger partial charge >= 0.3 is 5.97 Å². The Bertz CT molecular complexity index is 1040. The van der Waals surface area contributed by atoms with Crippen LogP contribution in [0.4, 0.5) is 0 Å². The molecule has 190 valence electrons. The molecule has 0 radical (unpaired) electrons. The van der Waals surface area contributed by atoms with Gasteiger partial charge in [0.2, 0.25) is 0 Å². The van der Waals surface area contributed by atoms with E-state index in [1.807, 2.05) is 19.9 Å². The summed E-state index contributed by atoms with van der Waals surface area (Å²) in [5, 5.41) is 10.6. The lowest BCUT2D eigenvalue weighted by Gasteiger charge is -2.34. The van der Waals surface area contributed by atoms with Crippen molar-refractivity contribution in [3.63, 3.8) is 0 Å². The average molecular weight is 479 g/mol. The molecule has 0 amide bonds. The van der Waals surface area contributed by atoms with Crippen LogP contribution in [0.1, 0.15) is 94.0 Å². The van der Waals surface area contributed by atoms with Gasteiger partial charge in [-0.15, -0.1) is 0 Å². The maximum atomic E-state index is 11.3. The van der Waals surface area contributed by atoms with Crippen molar-refractivity contribution in [2.75, 3.05) is 6.61 Å². The Labute approximate surface area is 211 Å². The standard InChI is InChI=1S/C31H42O4/c1-7-30(33,8-2)18-17-24-11-12-25(19-22(24)5)31(9-3,10-4)26-13-15-28(23(6)20-26)34-21-27-14-16-29(32)35-27/h11-13,15,17-20,27,33H,7-10,14,16,21H2,1-6H3/b18-17+/t27-/m0/s1. The van der Waals surface area contributed by atoms with Crippen molar-refractivity contribution in [2.24, 2.45) is 0 Å². The molecule has 1 aliphatic rings. The number of hydrogen-bond donors (Lipinski definition) is 1. The molecule has 0 bridgehead atoms. The Hall–Kier alpha value is -2.59. The first-order chi connectivity index (χ1) is 16.7. The third-order valence-electron chi connectivity index (χ3n) is 7.95. The lowest BCUT2D eigenvalue weighted by atomic mass is 9.70. The van der Waals surface area contributed by atoms with E-state index in [-0.39, 0.29) is 17.5 Å². The molecule has 1 fully saturated rings. The van der Waals surface area contributed by atoms with Crippen LogP contribution in [0.15, 0.2) is 42.5 Å². The van der Waals surface area contributed by atoms with Gasteiger partial charge in [-0.1, -0.05) is 70.2 Å². The van der Waals surface area contributed by atoms with Gasteiger partial charge in [-0.05, 0) is 79.8 Å². The second-order valence-electron chi connectivity index (χ2n) is 9.95. The van der Waals surface area contributed by atoms with Crippen molar-refractivity contribution >= 4 is 12.0 Å². The first kappa shape index (κ1) is 27.0. The number of aliphatic hydroxyl groups is 1. The Balaban J connectivity index is 1.86. The van der Waals surface area contributed by atoms with Gasteiger partial charge in [0.15, 0.2) is 0 Å². The van der Waals surface area contributed by atoms with E-state index >= 15 is 0 Å². The van der Waals surface area contributed by atoms with Crippen molar-refractivity contribution in [2.45, 2.75) is 97.2 Å². The number of benzene rings is 2.